The van der Waals surface area contributed by atoms with Gasteiger partial charge in [-0.2, -0.15) is 0 Å². The van der Waals surface area contributed by atoms with E-state index in [1.54, 1.807) is 6.08 Å². The van der Waals surface area contributed by atoms with Crippen LogP contribution in [0, 0.1) is 0 Å². The van der Waals surface area contributed by atoms with Crippen molar-refractivity contribution in [2.45, 2.75) is 32.0 Å². The van der Waals surface area contributed by atoms with E-state index in [4.69, 9.17) is 4.74 Å². The number of benzene rings is 2. The highest BCUT2D eigenvalue weighted by atomic mass is 16.5. The Morgan fingerprint density at radius 1 is 0.933 bits per heavy atom. The second kappa shape index (κ2) is 12.1. The summed E-state index contributed by atoms with van der Waals surface area (Å²) in [5.74, 6) is -0.813. The Labute approximate surface area is 176 Å². The number of hydrogen-bond donors (Lipinski definition) is 3. The Morgan fingerprint density at radius 2 is 1.53 bits per heavy atom. The number of rotatable bonds is 10. The van der Waals surface area contributed by atoms with E-state index in [1.807, 2.05) is 60.7 Å². The van der Waals surface area contributed by atoms with Crippen molar-refractivity contribution in [3.63, 3.8) is 0 Å². The van der Waals surface area contributed by atoms with E-state index in [2.05, 4.69) is 22.5 Å². The van der Waals surface area contributed by atoms with Crippen LogP contribution in [0.25, 0.3) is 0 Å². The first-order valence-corrected chi connectivity index (χ1v) is 9.69. The second-order valence-corrected chi connectivity index (χ2v) is 6.71. The van der Waals surface area contributed by atoms with Gasteiger partial charge in [0.15, 0.2) is 0 Å². The lowest BCUT2D eigenvalue weighted by atomic mass is 10.0. The summed E-state index contributed by atoms with van der Waals surface area (Å²) < 4.78 is 5.13. The summed E-state index contributed by atoms with van der Waals surface area (Å²) in [7, 11) is 0. The lowest BCUT2D eigenvalue weighted by Crippen LogP contribution is -2.53. The quantitative estimate of drug-likeness (QED) is 0.525. The van der Waals surface area contributed by atoms with Gasteiger partial charge >= 0.3 is 6.09 Å². The van der Waals surface area contributed by atoms with Gasteiger partial charge in [-0.05, 0) is 18.1 Å². The number of carbonyl (C=O) groups excluding carboxylic acids is 3. The lowest BCUT2D eigenvalue weighted by molar-refractivity contribution is -0.129. The molecule has 2 atom stereocenters. The third-order valence-corrected chi connectivity index (χ3v) is 4.28. The Hall–Kier alpha value is -3.61. The summed E-state index contributed by atoms with van der Waals surface area (Å²) in [6.07, 6.45) is 1.17. The standard InChI is InChI=1S/C23H27N3O4/c1-3-14-24-22(28)20(15-18-10-6-4-7-11-18)26-21(27)17(2)25-23(29)30-16-19-12-8-5-9-13-19/h3-13,17,20H,1,14-16H2,2H3,(H,24,28)(H,25,29)(H,26,27)/t17-,20-/m0/s1. The highest BCUT2D eigenvalue weighted by Gasteiger charge is 2.24. The van der Waals surface area contributed by atoms with Gasteiger partial charge < -0.3 is 20.7 Å². The molecular weight excluding hydrogens is 382 g/mol. The van der Waals surface area contributed by atoms with Gasteiger partial charge in [0.1, 0.15) is 18.7 Å². The fraction of sp³-hybridized carbons (Fsp3) is 0.261. The third kappa shape index (κ3) is 7.79. The number of carbonyl (C=O) groups is 3. The first-order valence-electron chi connectivity index (χ1n) is 9.69. The number of amides is 3. The van der Waals surface area contributed by atoms with E-state index in [0.717, 1.165) is 11.1 Å². The molecule has 3 N–H and O–H groups in total. The van der Waals surface area contributed by atoms with Crippen LogP contribution in [-0.2, 0) is 27.4 Å². The van der Waals surface area contributed by atoms with E-state index >= 15 is 0 Å². The minimum absolute atomic E-state index is 0.0988. The maximum Gasteiger partial charge on any atom is 0.408 e. The molecular formula is C23H27N3O4. The maximum absolute atomic E-state index is 12.6. The van der Waals surface area contributed by atoms with Crippen molar-refractivity contribution in [2.75, 3.05) is 6.54 Å². The van der Waals surface area contributed by atoms with E-state index in [-0.39, 0.29) is 12.5 Å². The van der Waals surface area contributed by atoms with Gasteiger partial charge in [-0.25, -0.2) is 4.79 Å². The lowest BCUT2D eigenvalue weighted by Gasteiger charge is -2.21. The molecule has 0 fully saturated rings. The average Bonchev–Trinajstić information content (AvgIpc) is 2.76. The van der Waals surface area contributed by atoms with Crippen LogP contribution in [-0.4, -0.2) is 36.5 Å². The van der Waals surface area contributed by atoms with Gasteiger partial charge in [-0.1, -0.05) is 66.7 Å². The SMILES string of the molecule is C=CCNC(=O)[C@H](Cc1ccccc1)NC(=O)[C@H](C)NC(=O)OCc1ccccc1. The molecule has 0 aliphatic carbocycles. The van der Waals surface area contributed by atoms with E-state index in [9.17, 15) is 14.4 Å². The molecule has 0 aliphatic heterocycles. The topological polar surface area (TPSA) is 96.5 Å². The van der Waals surface area contributed by atoms with Crippen LogP contribution in [0.2, 0.25) is 0 Å². The Balaban J connectivity index is 1.91. The molecule has 0 saturated carbocycles. The first kappa shape index (κ1) is 22.7. The normalized spacial score (nSPS) is 12.2. The smallest absolute Gasteiger partial charge is 0.408 e. The van der Waals surface area contributed by atoms with Crippen LogP contribution in [0.4, 0.5) is 4.79 Å². The third-order valence-electron chi connectivity index (χ3n) is 4.28. The van der Waals surface area contributed by atoms with Gasteiger partial charge in [0.2, 0.25) is 11.8 Å². The Bertz CT molecular complexity index is 840. The highest BCUT2D eigenvalue weighted by Crippen LogP contribution is 2.05. The van der Waals surface area contributed by atoms with Crippen molar-refractivity contribution in [2.24, 2.45) is 0 Å². The highest BCUT2D eigenvalue weighted by molar-refractivity contribution is 5.91. The van der Waals surface area contributed by atoms with E-state index in [1.165, 1.54) is 6.92 Å². The summed E-state index contributed by atoms with van der Waals surface area (Å²) in [6, 6.07) is 16.9. The average molecular weight is 409 g/mol. The van der Waals surface area contributed by atoms with Gasteiger partial charge in [-0.3, -0.25) is 9.59 Å². The van der Waals surface area contributed by atoms with Gasteiger partial charge in [0.05, 0.1) is 0 Å². The number of nitrogens with one attached hydrogen (secondary N) is 3. The van der Waals surface area contributed by atoms with Crippen molar-refractivity contribution in [3.05, 3.63) is 84.4 Å². The Kier molecular flexibility index (Phi) is 9.12. The minimum atomic E-state index is -0.876. The van der Waals surface area contributed by atoms with Gasteiger partial charge in [0.25, 0.3) is 0 Å². The summed E-state index contributed by atoms with van der Waals surface area (Å²) >= 11 is 0. The van der Waals surface area contributed by atoms with Gasteiger partial charge in [0, 0.05) is 13.0 Å². The van der Waals surface area contributed by atoms with Crippen LogP contribution in [0.3, 0.4) is 0 Å². The summed E-state index contributed by atoms with van der Waals surface area (Å²) in [5, 5.41) is 7.87. The van der Waals surface area contributed by atoms with Crippen LogP contribution in [0.15, 0.2) is 73.3 Å². The van der Waals surface area contributed by atoms with Crippen LogP contribution in [0.1, 0.15) is 18.1 Å². The van der Waals surface area contributed by atoms with Gasteiger partial charge in [-0.15, -0.1) is 6.58 Å². The van der Waals surface area contributed by atoms with Crippen molar-refractivity contribution in [1.29, 1.82) is 0 Å². The molecule has 0 aromatic heterocycles. The molecule has 0 unspecified atom stereocenters. The molecule has 3 amide bonds. The summed E-state index contributed by atoms with van der Waals surface area (Å²) in [4.78, 5) is 37.0. The van der Waals surface area contributed by atoms with E-state index < -0.39 is 24.1 Å². The fourth-order valence-corrected chi connectivity index (χ4v) is 2.66. The number of alkyl carbamates (subject to hydrolysis) is 1. The first-order chi connectivity index (χ1) is 14.5. The fourth-order valence-electron chi connectivity index (χ4n) is 2.66. The predicted molar refractivity (Wildman–Crippen MR) is 115 cm³/mol. The molecule has 0 radical (unpaired) electrons. The molecule has 0 spiro atoms. The van der Waals surface area contributed by atoms with E-state index in [0.29, 0.717) is 13.0 Å². The van der Waals surface area contributed by atoms with Crippen LogP contribution in [0.5, 0.6) is 0 Å². The molecule has 0 bridgehead atoms. The molecule has 7 nitrogen and oxygen atoms in total. The maximum atomic E-state index is 12.6. The predicted octanol–water partition coefficient (Wildman–Crippen LogP) is 2.33. The number of hydrogen-bond acceptors (Lipinski definition) is 4. The zero-order chi connectivity index (χ0) is 21.8. The zero-order valence-corrected chi connectivity index (χ0v) is 17.0. The molecule has 0 aliphatic rings. The molecule has 0 heterocycles. The molecule has 7 heteroatoms. The Morgan fingerprint density at radius 3 is 2.13 bits per heavy atom. The zero-order valence-electron chi connectivity index (χ0n) is 17.0. The van der Waals surface area contributed by atoms with Crippen molar-refractivity contribution in [3.8, 4) is 0 Å². The summed E-state index contributed by atoms with van der Waals surface area (Å²) in [6.45, 7) is 5.49. The second-order valence-electron chi connectivity index (χ2n) is 6.71. The van der Waals surface area contributed by atoms with Crippen molar-refractivity contribution >= 4 is 17.9 Å². The minimum Gasteiger partial charge on any atom is -0.445 e. The van der Waals surface area contributed by atoms with Crippen LogP contribution < -0.4 is 16.0 Å². The largest absolute Gasteiger partial charge is 0.445 e. The molecule has 158 valence electrons. The van der Waals surface area contributed by atoms with Crippen molar-refractivity contribution in [1.82, 2.24) is 16.0 Å². The molecule has 2 aromatic carbocycles. The summed E-state index contributed by atoms with van der Waals surface area (Å²) in [5.41, 5.74) is 1.74. The molecule has 0 saturated heterocycles. The molecule has 2 rings (SSSR count). The number of ether oxygens (including phenoxy) is 1. The van der Waals surface area contributed by atoms with Crippen molar-refractivity contribution < 1.29 is 19.1 Å². The monoisotopic (exact) mass is 409 g/mol. The van der Waals surface area contributed by atoms with Crippen LogP contribution >= 0.6 is 0 Å². The molecule has 30 heavy (non-hydrogen) atoms. The molecule has 2 aromatic rings.